The second-order valence-corrected chi connectivity index (χ2v) is 3.49. The van der Waals surface area contributed by atoms with Crippen LogP contribution in [0.4, 0.5) is 13.2 Å². The third-order valence-electron chi connectivity index (χ3n) is 2.19. The Kier molecular flexibility index (Phi) is 3.18. The van der Waals surface area contributed by atoms with Crippen LogP contribution < -0.4 is 0 Å². The first-order valence-corrected chi connectivity index (χ1v) is 4.33. The van der Waals surface area contributed by atoms with E-state index in [1.807, 2.05) is 13.8 Å². The van der Waals surface area contributed by atoms with Crippen LogP contribution in [-0.4, -0.2) is 42.9 Å². The molecule has 0 unspecified atom stereocenters. The van der Waals surface area contributed by atoms with Gasteiger partial charge in [0.15, 0.2) is 6.10 Å². The van der Waals surface area contributed by atoms with Gasteiger partial charge < -0.3 is 4.74 Å². The molecular formula is C8H14F3NO. The first-order valence-electron chi connectivity index (χ1n) is 4.33. The first-order chi connectivity index (χ1) is 5.91. The highest BCUT2D eigenvalue weighted by Gasteiger charge is 2.43. The van der Waals surface area contributed by atoms with Crippen LogP contribution in [0.5, 0.6) is 0 Å². The lowest BCUT2D eigenvalue weighted by Crippen LogP contribution is -2.51. The monoisotopic (exact) mass is 197 g/mol. The predicted molar refractivity (Wildman–Crippen MR) is 42.5 cm³/mol. The van der Waals surface area contributed by atoms with Crippen molar-refractivity contribution < 1.29 is 17.9 Å². The van der Waals surface area contributed by atoms with Gasteiger partial charge in [-0.15, -0.1) is 0 Å². The molecule has 0 N–H and O–H groups in total. The van der Waals surface area contributed by atoms with E-state index in [2.05, 4.69) is 4.74 Å². The van der Waals surface area contributed by atoms with Gasteiger partial charge in [-0.3, -0.25) is 4.90 Å². The summed E-state index contributed by atoms with van der Waals surface area (Å²) in [5, 5.41) is 0. The standard InChI is InChI=1S/C8H14F3NO/c1-6(2)12-3-4-13-7(5-12)8(9,10)11/h6-7H,3-5H2,1-2H3/t7-/m1/s1. The van der Waals surface area contributed by atoms with E-state index in [9.17, 15) is 13.2 Å². The normalized spacial score (nSPS) is 26.8. The van der Waals surface area contributed by atoms with Crippen LogP contribution in [0, 0.1) is 0 Å². The molecule has 5 heteroatoms. The molecule has 0 radical (unpaired) electrons. The van der Waals surface area contributed by atoms with Gasteiger partial charge >= 0.3 is 6.18 Å². The summed E-state index contributed by atoms with van der Waals surface area (Å²) < 4.78 is 41.3. The van der Waals surface area contributed by atoms with Crippen molar-refractivity contribution in [3.05, 3.63) is 0 Å². The van der Waals surface area contributed by atoms with E-state index < -0.39 is 12.3 Å². The Morgan fingerprint density at radius 3 is 2.46 bits per heavy atom. The summed E-state index contributed by atoms with van der Waals surface area (Å²) in [6.07, 6.45) is -5.84. The van der Waals surface area contributed by atoms with E-state index in [-0.39, 0.29) is 19.2 Å². The highest BCUT2D eigenvalue weighted by atomic mass is 19.4. The van der Waals surface area contributed by atoms with Gasteiger partial charge in [-0.05, 0) is 13.8 Å². The van der Waals surface area contributed by atoms with Crippen molar-refractivity contribution in [1.29, 1.82) is 0 Å². The molecule has 1 saturated heterocycles. The maximum Gasteiger partial charge on any atom is 0.415 e. The molecule has 1 atom stereocenters. The number of alkyl halides is 3. The molecule has 1 heterocycles. The molecule has 2 nitrogen and oxygen atoms in total. The lowest BCUT2D eigenvalue weighted by atomic mass is 10.2. The average molecular weight is 197 g/mol. The molecule has 0 aromatic heterocycles. The van der Waals surface area contributed by atoms with Gasteiger partial charge in [0.25, 0.3) is 0 Å². The Bertz CT molecular complexity index is 169. The van der Waals surface area contributed by atoms with E-state index in [1.54, 1.807) is 4.90 Å². The molecule has 1 fully saturated rings. The van der Waals surface area contributed by atoms with Crippen molar-refractivity contribution in [2.75, 3.05) is 19.7 Å². The quantitative estimate of drug-likeness (QED) is 0.633. The Morgan fingerprint density at radius 2 is 2.00 bits per heavy atom. The van der Waals surface area contributed by atoms with Crippen LogP contribution in [0.15, 0.2) is 0 Å². The van der Waals surface area contributed by atoms with Crippen molar-refractivity contribution in [2.24, 2.45) is 0 Å². The topological polar surface area (TPSA) is 12.5 Å². The number of morpholine rings is 1. The third kappa shape index (κ3) is 2.84. The van der Waals surface area contributed by atoms with Crippen molar-refractivity contribution in [3.8, 4) is 0 Å². The van der Waals surface area contributed by atoms with Gasteiger partial charge in [-0.2, -0.15) is 13.2 Å². The summed E-state index contributed by atoms with van der Waals surface area (Å²) in [6.45, 7) is 4.49. The molecule has 1 rings (SSSR count). The van der Waals surface area contributed by atoms with E-state index in [0.717, 1.165) is 0 Å². The fraction of sp³-hybridized carbons (Fsp3) is 1.00. The van der Waals surface area contributed by atoms with Crippen molar-refractivity contribution in [1.82, 2.24) is 4.90 Å². The fourth-order valence-electron chi connectivity index (χ4n) is 1.34. The van der Waals surface area contributed by atoms with Crippen LogP contribution in [0.25, 0.3) is 0 Å². The summed E-state index contributed by atoms with van der Waals surface area (Å²) in [4.78, 5) is 1.78. The molecule has 0 spiro atoms. The summed E-state index contributed by atoms with van der Waals surface area (Å²) in [5.74, 6) is 0. The minimum absolute atomic E-state index is 0.0405. The smallest absolute Gasteiger partial charge is 0.366 e. The summed E-state index contributed by atoms with van der Waals surface area (Å²) in [5.41, 5.74) is 0. The molecule has 0 aliphatic carbocycles. The molecule has 0 saturated carbocycles. The molecule has 1 aliphatic rings. The minimum Gasteiger partial charge on any atom is -0.366 e. The van der Waals surface area contributed by atoms with E-state index in [1.165, 1.54) is 0 Å². The molecule has 0 bridgehead atoms. The minimum atomic E-state index is -4.23. The third-order valence-corrected chi connectivity index (χ3v) is 2.19. The summed E-state index contributed by atoms with van der Waals surface area (Å²) in [7, 11) is 0. The Morgan fingerprint density at radius 1 is 1.38 bits per heavy atom. The number of hydrogen-bond acceptors (Lipinski definition) is 2. The van der Waals surface area contributed by atoms with Gasteiger partial charge in [0, 0.05) is 19.1 Å². The van der Waals surface area contributed by atoms with Gasteiger partial charge in [0.1, 0.15) is 0 Å². The first kappa shape index (κ1) is 10.8. The maximum atomic E-state index is 12.2. The molecule has 1 aliphatic heterocycles. The second kappa shape index (κ2) is 3.84. The van der Waals surface area contributed by atoms with Gasteiger partial charge in [0.05, 0.1) is 6.61 Å². The average Bonchev–Trinajstić information content (AvgIpc) is 2.03. The van der Waals surface area contributed by atoms with Crippen LogP contribution in [-0.2, 0) is 4.74 Å². The second-order valence-electron chi connectivity index (χ2n) is 3.49. The van der Waals surface area contributed by atoms with Gasteiger partial charge in [0.2, 0.25) is 0 Å². The molecular weight excluding hydrogens is 183 g/mol. The molecule has 78 valence electrons. The number of hydrogen-bond donors (Lipinski definition) is 0. The molecule has 0 aromatic rings. The Balaban J connectivity index is 2.52. The van der Waals surface area contributed by atoms with Crippen molar-refractivity contribution in [3.63, 3.8) is 0 Å². The van der Waals surface area contributed by atoms with Crippen LogP contribution >= 0.6 is 0 Å². The zero-order chi connectivity index (χ0) is 10.1. The number of ether oxygens (including phenoxy) is 1. The number of halogens is 3. The fourth-order valence-corrected chi connectivity index (χ4v) is 1.34. The molecule has 13 heavy (non-hydrogen) atoms. The number of rotatable bonds is 1. The largest absolute Gasteiger partial charge is 0.415 e. The SMILES string of the molecule is CC(C)N1CCO[C@@H](C(F)(F)F)C1. The van der Waals surface area contributed by atoms with E-state index >= 15 is 0 Å². The van der Waals surface area contributed by atoms with Gasteiger partial charge in [-0.25, -0.2) is 0 Å². The van der Waals surface area contributed by atoms with E-state index in [4.69, 9.17) is 0 Å². The van der Waals surface area contributed by atoms with Crippen molar-refractivity contribution >= 4 is 0 Å². The zero-order valence-corrected chi connectivity index (χ0v) is 7.77. The lowest BCUT2D eigenvalue weighted by Gasteiger charge is -2.36. The Hall–Kier alpha value is -0.290. The van der Waals surface area contributed by atoms with Crippen molar-refractivity contribution in [2.45, 2.75) is 32.2 Å². The predicted octanol–water partition coefficient (Wildman–Crippen LogP) is 1.66. The Labute approximate surface area is 75.7 Å². The lowest BCUT2D eigenvalue weighted by molar-refractivity contribution is -0.238. The van der Waals surface area contributed by atoms with E-state index in [0.29, 0.717) is 6.54 Å². The highest BCUT2D eigenvalue weighted by Crippen LogP contribution is 2.26. The number of nitrogens with zero attached hydrogens (tertiary/aromatic N) is 1. The molecule has 0 aromatic carbocycles. The zero-order valence-electron chi connectivity index (χ0n) is 7.77. The van der Waals surface area contributed by atoms with Crippen LogP contribution in [0.3, 0.4) is 0 Å². The summed E-state index contributed by atoms with van der Waals surface area (Å²) >= 11 is 0. The van der Waals surface area contributed by atoms with Gasteiger partial charge in [-0.1, -0.05) is 0 Å². The highest BCUT2D eigenvalue weighted by molar-refractivity contribution is 4.78. The van der Waals surface area contributed by atoms with Crippen LogP contribution in [0.1, 0.15) is 13.8 Å². The van der Waals surface area contributed by atoms with Crippen LogP contribution in [0.2, 0.25) is 0 Å². The summed E-state index contributed by atoms with van der Waals surface area (Å²) in [6, 6.07) is 0.147. The molecule has 0 amide bonds. The maximum absolute atomic E-state index is 12.2.